The molecule has 3 N–H and O–H groups in total. The fourth-order valence-corrected chi connectivity index (χ4v) is 4.52. The van der Waals surface area contributed by atoms with E-state index in [9.17, 15) is 22.4 Å². The van der Waals surface area contributed by atoms with Crippen molar-refractivity contribution in [2.45, 2.75) is 44.8 Å². The lowest BCUT2D eigenvalue weighted by molar-refractivity contribution is -0.136. The van der Waals surface area contributed by atoms with E-state index < -0.39 is 23.5 Å². The summed E-state index contributed by atoms with van der Waals surface area (Å²) in [6.07, 6.45) is 0.975. The van der Waals surface area contributed by atoms with Gasteiger partial charge in [-0.25, -0.2) is 4.39 Å². The zero-order valence-electron chi connectivity index (χ0n) is 18.9. The van der Waals surface area contributed by atoms with Crippen molar-refractivity contribution in [3.63, 3.8) is 0 Å². The number of hydrogen-bond donors (Lipinski definition) is 3. The fourth-order valence-electron chi connectivity index (χ4n) is 4.52. The van der Waals surface area contributed by atoms with Crippen molar-refractivity contribution >= 4 is 28.5 Å². The Balaban J connectivity index is 1.44. The molecule has 1 fully saturated rings. The predicted molar refractivity (Wildman–Crippen MR) is 126 cm³/mol. The first kappa shape index (κ1) is 24.1. The van der Waals surface area contributed by atoms with E-state index in [1.54, 1.807) is 6.07 Å². The maximum atomic E-state index is 14.2. The highest BCUT2D eigenvalue weighted by Crippen LogP contribution is 2.37. The van der Waals surface area contributed by atoms with E-state index >= 15 is 0 Å². The number of nitrogens with zero attached hydrogens (tertiary/aromatic N) is 1. The van der Waals surface area contributed by atoms with Crippen molar-refractivity contribution in [1.82, 2.24) is 4.90 Å². The fraction of sp³-hybridized carbons (Fsp3) is 0.400. The van der Waals surface area contributed by atoms with E-state index in [1.807, 2.05) is 0 Å². The number of hydrogen-bond acceptors (Lipinski definition) is 4. The van der Waals surface area contributed by atoms with Gasteiger partial charge in [0.1, 0.15) is 5.82 Å². The molecule has 2 aliphatic rings. The molecule has 34 heavy (non-hydrogen) atoms. The summed E-state index contributed by atoms with van der Waals surface area (Å²) in [5.41, 5.74) is -0.206. The van der Waals surface area contributed by atoms with Crippen LogP contribution in [-0.2, 0) is 11.0 Å². The van der Waals surface area contributed by atoms with Crippen LogP contribution in [0.2, 0.25) is 0 Å². The van der Waals surface area contributed by atoms with Crippen molar-refractivity contribution in [2.75, 3.05) is 35.6 Å². The Morgan fingerprint density at radius 3 is 2.79 bits per heavy atom. The summed E-state index contributed by atoms with van der Waals surface area (Å²) in [4.78, 5) is 14.6. The van der Waals surface area contributed by atoms with E-state index in [4.69, 9.17) is 0 Å². The van der Waals surface area contributed by atoms with Crippen LogP contribution in [0, 0.1) is 5.82 Å². The molecular formula is C25H28F4N4O. The average Bonchev–Trinajstić information content (AvgIpc) is 3.12. The summed E-state index contributed by atoms with van der Waals surface area (Å²) in [7, 11) is 0. The molecule has 2 aromatic carbocycles. The van der Waals surface area contributed by atoms with Gasteiger partial charge in [0.25, 0.3) is 5.91 Å². The van der Waals surface area contributed by atoms with Gasteiger partial charge in [-0.3, -0.25) is 4.79 Å². The van der Waals surface area contributed by atoms with Gasteiger partial charge >= 0.3 is 6.18 Å². The second-order valence-corrected chi connectivity index (χ2v) is 8.74. The number of carbonyl (C=O) groups excluding carboxylic acids is 1. The maximum Gasteiger partial charge on any atom is 0.418 e. The van der Waals surface area contributed by atoms with Crippen LogP contribution in [-0.4, -0.2) is 36.5 Å². The summed E-state index contributed by atoms with van der Waals surface area (Å²) < 4.78 is 55.4. The largest absolute Gasteiger partial charge is 0.418 e. The molecule has 1 amide bonds. The summed E-state index contributed by atoms with van der Waals surface area (Å²) >= 11 is 0. The first-order chi connectivity index (χ1) is 16.2. The first-order valence-electron chi connectivity index (χ1n) is 11.5. The highest BCUT2D eigenvalue weighted by Gasteiger charge is 2.34. The standard InChI is InChI=1S/C25H28F4N4O/c1-16-6-2-3-12-33(16)13-5-11-30-21-10-9-17(14-19(21)25(27,28)29)31-15-18-23-20(26)7-4-8-22(23)32-24(18)34/h4,7-10,14-16,30-31H,2-3,5-6,11-13H2,1H3,(H,32,34)/b18-15-. The Kier molecular flexibility index (Phi) is 7.11. The molecule has 1 atom stereocenters. The van der Waals surface area contributed by atoms with Gasteiger partial charge in [-0.2, -0.15) is 13.2 Å². The van der Waals surface area contributed by atoms with Crippen LogP contribution >= 0.6 is 0 Å². The average molecular weight is 477 g/mol. The molecule has 2 aromatic rings. The van der Waals surface area contributed by atoms with Crippen LogP contribution in [0.3, 0.4) is 0 Å². The monoisotopic (exact) mass is 476 g/mol. The lowest BCUT2D eigenvalue weighted by Gasteiger charge is -2.33. The van der Waals surface area contributed by atoms with Gasteiger partial charge in [-0.15, -0.1) is 0 Å². The molecular weight excluding hydrogens is 448 g/mol. The van der Waals surface area contributed by atoms with Crippen LogP contribution in [0.25, 0.3) is 5.57 Å². The molecule has 4 rings (SSSR count). The second kappa shape index (κ2) is 10.0. The number of rotatable bonds is 7. The van der Waals surface area contributed by atoms with Crippen LogP contribution in [0.15, 0.2) is 42.6 Å². The molecule has 2 heterocycles. The topological polar surface area (TPSA) is 56.4 Å². The van der Waals surface area contributed by atoms with Crippen molar-refractivity contribution in [3.05, 3.63) is 59.5 Å². The minimum Gasteiger partial charge on any atom is -0.385 e. The highest BCUT2D eigenvalue weighted by atomic mass is 19.4. The number of benzene rings is 2. The molecule has 0 saturated carbocycles. The predicted octanol–water partition coefficient (Wildman–Crippen LogP) is 5.93. The molecule has 1 unspecified atom stereocenters. The Bertz CT molecular complexity index is 1080. The van der Waals surface area contributed by atoms with E-state index in [0.29, 0.717) is 18.3 Å². The molecule has 5 nitrogen and oxygen atoms in total. The molecule has 0 bridgehead atoms. The number of carbonyl (C=O) groups is 1. The van der Waals surface area contributed by atoms with Gasteiger partial charge in [0.2, 0.25) is 0 Å². The summed E-state index contributed by atoms with van der Waals surface area (Å²) in [5, 5.41) is 8.18. The minimum atomic E-state index is -4.56. The van der Waals surface area contributed by atoms with Gasteiger partial charge in [0.05, 0.1) is 16.8 Å². The zero-order valence-corrected chi connectivity index (χ0v) is 18.9. The molecule has 0 aliphatic carbocycles. The molecule has 0 spiro atoms. The summed E-state index contributed by atoms with van der Waals surface area (Å²) in [5.74, 6) is -1.11. The molecule has 0 radical (unpaired) electrons. The van der Waals surface area contributed by atoms with Gasteiger partial charge in [-0.1, -0.05) is 12.5 Å². The lowest BCUT2D eigenvalue weighted by atomic mass is 10.0. The smallest absolute Gasteiger partial charge is 0.385 e. The quantitative estimate of drug-likeness (QED) is 0.264. The van der Waals surface area contributed by atoms with E-state index in [-0.39, 0.29) is 22.5 Å². The molecule has 9 heteroatoms. The Morgan fingerprint density at radius 2 is 2.03 bits per heavy atom. The van der Waals surface area contributed by atoms with Crippen molar-refractivity contribution in [1.29, 1.82) is 0 Å². The zero-order chi connectivity index (χ0) is 24.3. The van der Waals surface area contributed by atoms with Crippen LogP contribution in [0.4, 0.5) is 34.6 Å². The number of likely N-dealkylation sites (tertiary alicyclic amines) is 1. The Labute approximate surface area is 196 Å². The SMILES string of the molecule is CC1CCCCN1CCCNc1ccc(N/C=C2\C(=O)Nc3cccc(F)c32)cc1C(F)(F)F. The van der Waals surface area contributed by atoms with Crippen molar-refractivity contribution in [2.24, 2.45) is 0 Å². The van der Waals surface area contributed by atoms with Gasteiger partial charge in [0, 0.05) is 42.3 Å². The van der Waals surface area contributed by atoms with Crippen molar-refractivity contribution in [3.8, 4) is 0 Å². The number of fused-ring (bicyclic) bond motifs is 1. The number of amides is 1. The third kappa shape index (κ3) is 5.35. The lowest BCUT2D eigenvalue weighted by Crippen LogP contribution is -2.38. The number of alkyl halides is 3. The van der Waals surface area contributed by atoms with Crippen LogP contribution < -0.4 is 16.0 Å². The third-order valence-electron chi connectivity index (χ3n) is 6.36. The van der Waals surface area contributed by atoms with Gasteiger partial charge in [0.15, 0.2) is 0 Å². The molecule has 2 aliphatic heterocycles. The van der Waals surface area contributed by atoms with Crippen molar-refractivity contribution < 1.29 is 22.4 Å². The summed E-state index contributed by atoms with van der Waals surface area (Å²) in [6, 6.07) is 8.63. The Morgan fingerprint density at radius 1 is 1.21 bits per heavy atom. The summed E-state index contributed by atoms with van der Waals surface area (Å²) in [6.45, 7) is 4.51. The minimum absolute atomic E-state index is 0.00685. The van der Waals surface area contributed by atoms with E-state index in [1.165, 1.54) is 43.3 Å². The third-order valence-corrected chi connectivity index (χ3v) is 6.36. The van der Waals surface area contributed by atoms with Gasteiger partial charge in [-0.05, 0) is 63.1 Å². The molecule has 0 aromatic heterocycles. The van der Waals surface area contributed by atoms with E-state index in [0.717, 1.165) is 32.0 Å². The van der Waals surface area contributed by atoms with E-state index in [2.05, 4.69) is 27.8 Å². The number of halogens is 4. The maximum absolute atomic E-state index is 14.2. The highest BCUT2D eigenvalue weighted by molar-refractivity contribution is 6.31. The normalized spacial score (nSPS) is 19.7. The van der Waals surface area contributed by atoms with Crippen LogP contribution in [0.1, 0.15) is 43.7 Å². The van der Waals surface area contributed by atoms with Gasteiger partial charge < -0.3 is 20.9 Å². The second-order valence-electron chi connectivity index (χ2n) is 8.74. The first-order valence-corrected chi connectivity index (χ1v) is 11.5. The number of piperidine rings is 1. The molecule has 1 saturated heterocycles. The Hall–Kier alpha value is -3.07. The number of nitrogens with one attached hydrogen (secondary N) is 3. The number of anilines is 3. The van der Waals surface area contributed by atoms with Crippen LogP contribution in [0.5, 0.6) is 0 Å². The molecule has 182 valence electrons.